The van der Waals surface area contributed by atoms with E-state index in [-0.39, 0.29) is 29.3 Å². The van der Waals surface area contributed by atoms with Crippen molar-refractivity contribution in [3.05, 3.63) is 52.8 Å². The fraction of sp³-hybridized carbons (Fsp3) is 0.423. The van der Waals surface area contributed by atoms with Crippen LogP contribution in [0.25, 0.3) is 11.1 Å². The van der Waals surface area contributed by atoms with Crippen molar-refractivity contribution in [3.8, 4) is 11.1 Å². The van der Waals surface area contributed by atoms with E-state index in [1.807, 2.05) is 24.3 Å². The Labute approximate surface area is 210 Å². The van der Waals surface area contributed by atoms with Crippen molar-refractivity contribution < 1.29 is 18.8 Å². The van der Waals surface area contributed by atoms with Gasteiger partial charge in [-0.1, -0.05) is 23.7 Å². The predicted octanol–water partition coefficient (Wildman–Crippen LogP) is 3.98. The Morgan fingerprint density at radius 2 is 1.89 bits per heavy atom. The summed E-state index contributed by atoms with van der Waals surface area (Å²) in [6.07, 6.45) is 3.35. The zero-order valence-electron chi connectivity index (χ0n) is 20.1. The molecule has 0 atom stereocenters. The molecule has 3 amide bonds. The van der Waals surface area contributed by atoms with Gasteiger partial charge in [-0.3, -0.25) is 14.4 Å². The number of nitrogens with two attached hydrogens (primary N) is 1. The van der Waals surface area contributed by atoms with Crippen LogP contribution in [-0.4, -0.2) is 54.8 Å². The van der Waals surface area contributed by atoms with E-state index in [4.69, 9.17) is 16.4 Å². The molecular formula is C26H32ClFN4O3. The van der Waals surface area contributed by atoms with Crippen LogP contribution in [0.3, 0.4) is 0 Å². The van der Waals surface area contributed by atoms with Crippen LogP contribution in [0.15, 0.2) is 36.4 Å². The molecule has 0 spiro atoms. The normalized spacial score (nSPS) is 16.7. The number of hydrogen-bond acceptors (Lipinski definition) is 4. The van der Waals surface area contributed by atoms with Crippen molar-refractivity contribution in [2.75, 3.05) is 24.5 Å². The number of anilines is 1. The van der Waals surface area contributed by atoms with E-state index >= 15 is 0 Å². The first kappa shape index (κ1) is 26.6. The first-order chi connectivity index (χ1) is 16.7. The summed E-state index contributed by atoms with van der Waals surface area (Å²) in [6, 6.07) is 10.6. The van der Waals surface area contributed by atoms with E-state index < -0.39 is 5.82 Å². The molecule has 2 aromatic carbocycles. The fourth-order valence-corrected chi connectivity index (χ4v) is 4.72. The van der Waals surface area contributed by atoms with Gasteiger partial charge in [-0.2, -0.15) is 0 Å². The lowest BCUT2D eigenvalue weighted by atomic mass is 9.97. The summed E-state index contributed by atoms with van der Waals surface area (Å²) in [6.45, 7) is 6.89. The van der Waals surface area contributed by atoms with E-state index in [0.29, 0.717) is 35.7 Å². The highest BCUT2D eigenvalue weighted by atomic mass is 35.5. The molecule has 0 unspecified atom stereocenters. The molecular weight excluding hydrogens is 471 g/mol. The number of carbonyl (C=O) groups excluding carboxylic acids is 3. The number of likely N-dealkylation sites (tertiary alicyclic amines) is 1. The van der Waals surface area contributed by atoms with Crippen LogP contribution in [-0.2, 0) is 9.59 Å². The molecule has 0 aliphatic carbocycles. The van der Waals surface area contributed by atoms with Crippen LogP contribution in [0, 0.1) is 5.82 Å². The van der Waals surface area contributed by atoms with Gasteiger partial charge in [-0.15, -0.1) is 0 Å². The summed E-state index contributed by atoms with van der Waals surface area (Å²) in [5.41, 5.74) is 6.41. The van der Waals surface area contributed by atoms with Gasteiger partial charge in [0.05, 0.1) is 5.02 Å². The smallest absolute Gasteiger partial charge is 0.252 e. The second-order valence-corrected chi connectivity index (χ2v) is 9.43. The lowest BCUT2D eigenvalue weighted by molar-refractivity contribution is -0.117. The average molecular weight is 503 g/mol. The molecule has 0 bridgehead atoms. The predicted molar refractivity (Wildman–Crippen MR) is 136 cm³/mol. The molecule has 188 valence electrons. The number of amides is 3. The van der Waals surface area contributed by atoms with Gasteiger partial charge in [0, 0.05) is 49.4 Å². The van der Waals surface area contributed by atoms with E-state index in [1.165, 1.54) is 12.1 Å². The minimum absolute atomic E-state index is 0.0720. The highest BCUT2D eigenvalue weighted by Crippen LogP contribution is 2.32. The Kier molecular flexibility index (Phi) is 9.23. The van der Waals surface area contributed by atoms with Crippen molar-refractivity contribution in [1.82, 2.24) is 10.2 Å². The third kappa shape index (κ3) is 6.58. The topological polar surface area (TPSA) is 95.7 Å². The first-order valence-corrected chi connectivity index (χ1v) is 12.2. The van der Waals surface area contributed by atoms with E-state index in [1.54, 1.807) is 4.90 Å². The maximum absolute atomic E-state index is 14.4. The molecule has 2 fully saturated rings. The van der Waals surface area contributed by atoms with Crippen LogP contribution in [0.2, 0.25) is 5.02 Å². The van der Waals surface area contributed by atoms with E-state index in [0.717, 1.165) is 38.0 Å². The van der Waals surface area contributed by atoms with E-state index in [9.17, 15) is 14.0 Å². The number of piperidine rings is 1. The molecule has 7 nitrogen and oxygen atoms in total. The van der Waals surface area contributed by atoms with Crippen LogP contribution < -0.4 is 16.0 Å². The van der Waals surface area contributed by atoms with Gasteiger partial charge >= 0.3 is 0 Å². The van der Waals surface area contributed by atoms with Crippen molar-refractivity contribution in [2.24, 2.45) is 5.73 Å². The average Bonchev–Trinajstić information content (AvgIpc) is 3.27. The Hall–Kier alpha value is -2.97. The lowest BCUT2D eigenvalue weighted by Gasteiger charge is -2.35. The Bertz CT molecular complexity index is 1070. The zero-order valence-corrected chi connectivity index (χ0v) is 20.9. The number of primary amides is 1. The highest BCUT2D eigenvalue weighted by molar-refractivity contribution is 6.31. The van der Waals surface area contributed by atoms with E-state index in [2.05, 4.69) is 29.8 Å². The summed E-state index contributed by atoms with van der Waals surface area (Å²) in [5.74, 6) is -0.756. The molecule has 35 heavy (non-hydrogen) atoms. The molecule has 2 saturated heterocycles. The Morgan fingerprint density at radius 1 is 1.20 bits per heavy atom. The highest BCUT2D eigenvalue weighted by Gasteiger charge is 2.25. The largest absolute Gasteiger partial charge is 0.372 e. The molecule has 2 heterocycles. The van der Waals surface area contributed by atoms with Crippen LogP contribution in [0.4, 0.5) is 10.1 Å². The molecule has 0 saturated carbocycles. The van der Waals surface area contributed by atoms with Crippen molar-refractivity contribution in [1.29, 1.82) is 0 Å². The number of benzene rings is 2. The summed E-state index contributed by atoms with van der Waals surface area (Å²) in [7, 11) is 0. The Balaban J connectivity index is 0.00000108. The van der Waals surface area contributed by atoms with Gasteiger partial charge in [0.15, 0.2) is 0 Å². The number of nitrogens with one attached hydrogen (secondary N) is 1. The molecule has 4 rings (SSSR count). The molecule has 9 heteroatoms. The van der Waals surface area contributed by atoms with Gasteiger partial charge in [0.2, 0.25) is 12.3 Å². The quantitative estimate of drug-likeness (QED) is 0.604. The molecule has 2 aromatic rings. The SMILES string of the molecule is CC(C)N1CCC(NC(=O)c2cc(Cl)c(F)cc2-c2cccc(N3CCCC3=O)c2)CC1.NC=O. The van der Waals surface area contributed by atoms with Crippen LogP contribution in [0.1, 0.15) is 49.9 Å². The minimum atomic E-state index is -0.578. The van der Waals surface area contributed by atoms with Gasteiger partial charge in [0.1, 0.15) is 5.82 Å². The minimum Gasteiger partial charge on any atom is -0.372 e. The summed E-state index contributed by atoms with van der Waals surface area (Å²) < 4.78 is 14.4. The second kappa shape index (κ2) is 12.1. The van der Waals surface area contributed by atoms with Gasteiger partial charge < -0.3 is 20.9 Å². The fourth-order valence-electron chi connectivity index (χ4n) is 4.56. The second-order valence-electron chi connectivity index (χ2n) is 9.02. The first-order valence-electron chi connectivity index (χ1n) is 11.8. The van der Waals surface area contributed by atoms with Crippen molar-refractivity contribution in [2.45, 2.75) is 51.6 Å². The number of carbonyl (C=O) groups is 3. The zero-order chi connectivity index (χ0) is 25.5. The Morgan fingerprint density at radius 3 is 2.49 bits per heavy atom. The summed E-state index contributed by atoms with van der Waals surface area (Å²) in [5, 5.41) is 3.03. The van der Waals surface area contributed by atoms with Gasteiger partial charge in [-0.25, -0.2) is 4.39 Å². The molecule has 0 radical (unpaired) electrons. The third-order valence-corrected chi connectivity index (χ3v) is 6.73. The van der Waals surface area contributed by atoms with Crippen LogP contribution >= 0.6 is 11.6 Å². The maximum Gasteiger partial charge on any atom is 0.252 e. The molecule has 3 N–H and O–H groups in total. The van der Waals surface area contributed by atoms with Crippen LogP contribution in [0.5, 0.6) is 0 Å². The maximum atomic E-state index is 14.4. The lowest BCUT2D eigenvalue weighted by Crippen LogP contribution is -2.46. The van der Waals surface area contributed by atoms with Gasteiger partial charge in [-0.05, 0) is 68.5 Å². The number of halogens is 2. The molecule has 0 aromatic heterocycles. The number of rotatable bonds is 5. The molecule has 2 aliphatic heterocycles. The standard InChI is InChI=1S/C25H29ClFN3O2.CH3NO/c1-16(2)29-11-8-18(9-12-29)28-25(32)21-14-22(26)23(27)15-20(21)17-5-3-6-19(13-17)30-10-4-7-24(30)31;2-1-3/h3,5-6,13-16,18H,4,7-12H2,1-2H3,(H,28,32);1H,(H2,2,3). The number of nitrogens with zero attached hydrogens (tertiary/aromatic N) is 2. The number of hydrogen-bond donors (Lipinski definition) is 2. The molecule has 2 aliphatic rings. The van der Waals surface area contributed by atoms with Crippen molar-refractivity contribution in [3.63, 3.8) is 0 Å². The monoisotopic (exact) mass is 502 g/mol. The van der Waals surface area contributed by atoms with Crippen molar-refractivity contribution >= 4 is 35.5 Å². The summed E-state index contributed by atoms with van der Waals surface area (Å²) >= 11 is 6.05. The summed E-state index contributed by atoms with van der Waals surface area (Å²) in [4.78, 5) is 38.1. The van der Waals surface area contributed by atoms with Gasteiger partial charge in [0.25, 0.3) is 5.91 Å². The third-order valence-electron chi connectivity index (χ3n) is 6.44.